The van der Waals surface area contributed by atoms with Crippen LogP contribution in [0.15, 0.2) is 18.2 Å². The summed E-state index contributed by atoms with van der Waals surface area (Å²) in [4.78, 5) is 10.7. The van der Waals surface area contributed by atoms with Crippen molar-refractivity contribution in [3.8, 4) is 5.75 Å². The maximum atomic E-state index is 10.7. The molecule has 0 amide bonds. The zero-order chi connectivity index (χ0) is 15.8. The van der Waals surface area contributed by atoms with Gasteiger partial charge in [0.1, 0.15) is 5.75 Å². The summed E-state index contributed by atoms with van der Waals surface area (Å²) >= 11 is 0. The summed E-state index contributed by atoms with van der Waals surface area (Å²) in [7, 11) is 0. The maximum absolute atomic E-state index is 10.7. The number of carboxylic acids is 1. The van der Waals surface area contributed by atoms with E-state index in [4.69, 9.17) is 9.84 Å². The Morgan fingerprint density at radius 2 is 1.76 bits per heavy atom. The molecule has 0 aliphatic rings. The molecule has 1 aromatic carbocycles. The van der Waals surface area contributed by atoms with Crippen LogP contribution in [-0.2, 0) is 4.79 Å². The molecule has 0 bridgehead atoms. The van der Waals surface area contributed by atoms with Crippen molar-refractivity contribution in [2.75, 3.05) is 6.61 Å². The molecule has 118 valence electrons. The Morgan fingerprint density at radius 3 is 2.33 bits per heavy atom. The lowest BCUT2D eigenvalue weighted by molar-refractivity contribution is -0.139. The Balaban J connectivity index is 3.03. The first kappa shape index (κ1) is 17.5. The van der Waals surface area contributed by atoms with Crippen LogP contribution in [-0.4, -0.2) is 17.7 Å². The number of hydrogen-bond donors (Lipinski definition) is 1. The van der Waals surface area contributed by atoms with Crippen molar-refractivity contribution in [1.82, 2.24) is 0 Å². The highest BCUT2D eigenvalue weighted by Gasteiger charge is 2.15. The van der Waals surface area contributed by atoms with Gasteiger partial charge >= 0.3 is 5.97 Å². The third-order valence-electron chi connectivity index (χ3n) is 3.93. The van der Waals surface area contributed by atoms with Gasteiger partial charge in [0.2, 0.25) is 0 Å². The van der Waals surface area contributed by atoms with Gasteiger partial charge in [-0.05, 0) is 41.9 Å². The number of rotatable bonds is 9. The van der Waals surface area contributed by atoms with Crippen molar-refractivity contribution in [2.45, 2.75) is 65.2 Å². The molecule has 0 radical (unpaired) electrons. The van der Waals surface area contributed by atoms with Crippen molar-refractivity contribution in [3.63, 3.8) is 0 Å². The van der Waals surface area contributed by atoms with Crippen molar-refractivity contribution in [2.24, 2.45) is 0 Å². The Hall–Kier alpha value is -1.51. The monoisotopic (exact) mass is 292 g/mol. The topological polar surface area (TPSA) is 46.5 Å². The lowest BCUT2D eigenvalue weighted by Crippen LogP contribution is -2.11. The van der Waals surface area contributed by atoms with Crippen molar-refractivity contribution in [3.05, 3.63) is 29.3 Å². The zero-order valence-electron chi connectivity index (χ0n) is 13.7. The van der Waals surface area contributed by atoms with Crippen LogP contribution < -0.4 is 4.74 Å². The van der Waals surface area contributed by atoms with E-state index in [1.54, 1.807) is 0 Å². The Morgan fingerprint density at radius 1 is 1.14 bits per heavy atom. The van der Waals surface area contributed by atoms with Crippen LogP contribution in [0.3, 0.4) is 0 Å². The molecule has 2 unspecified atom stereocenters. The fourth-order valence-electron chi connectivity index (χ4n) is 2.72. The Kier molecular flexibility index (Phi) is 7.27. The number of hydrogen-bond acceptors (Lipinski definition) is 2. The van der Waals surface area contributed by atoms with E-state index in [1.807, 2.05) is 6.07 Å². The third kappa shape index (κ3) is 5.41. The molecule has 0 saturated heterocycles. The molecule has 0 heterocycles. The number of ether oxygens (including phenoxy) is 1. The first-order chi connectivity index (χ1) is 9.99. The molecular formula is C18H28O3. The Bertz CT molecular complexity index is 454. The van der Waals surface area contributed by atoms with E-state index in [2.05, 4.69) is 39.8 Å². The Labute approximate surface area is 128 Å². The van der Waals surface area contributed by atoms with E-state index < -0.39 is 5.97 Å². The second-order valence-electron chi connectivity index (χ2n) is 5.86. The molecule has 0 aliphatic heterocycles. The summed E-state index contributed by atoms with van der Waals surface area (Å²) in [5.74, 6) is 0.682. The largest absolute Gasteiger partial charge is 0.482 e. The van der Waals surface area contributed by atoms with Crippen LogP contribution in [0.4, 0.5) is 0 Å². The van der Waals surface area contributed by atoms with Crippen LogP contribution in [0.2, 0.25) is 0 Å². The van der Waals surface area contributed by atoms with Gasteiger partial charge in [-0.15, -0.1) is 0 Å². The van der Waals surface area contributed by atoms with Crippen molar-refractivity contribution >= 4 is 5.97 Å². The van der Waals surface area contributed by atoms with Crippen molar-refractivity contribution < 1.29 is 14.6 Å². The standard InChI is InChI=1S/C18H28O3/c1-5-7-13(3)15-9-10-17(21-12-18(19)20)16(11-15)14(4)8-6-2/h9-11,13-14H,5-8,12H2,1-4H3,(H,19,20). The normalized spacial score (nSPS) is 13.7. The van der Waals surface area contributed by atoms with Gasteiger partial charge in [0.15, 0.2) is 6.61 Å². The first-order valence-electron chi connectivity index (χ1n) is 7.97. The van der Waals surface area contributed by atoms with Gasteiger partial charge < -0.3 is 9.84 Å². The summed E-state index contributed by atoms with van der Waals surface area (Å²) in [5.41, 5.74) is 2.45. The van der Waals surface area contributed by atoms with E-state index in [0.717, 1.165) is 31.2 Å². The fraction of sp³-hybridized carbons (Fsp3) is 0.611. The van der Waals surface area contributed by atoms with Crippen LogP contribution in [0.25, 0.3) is 0 Å². The molecule has 0 aliphatic carbocycles. The SMILES string of the molecule is CCCC(C)c1ccc(OCC(=O)O)c(C(C)CCC)c1. The molecule has 2 atom stereocenters. The molecule has 0 spiro atoms. The molecular weight excluding hydrogens is 264 g/mol. The molecule has 0 aromatic heterocycles. The average molecular weight is 292 g/mol. The van der Waals surface area contributed by atoms with E-state index in [0.29, 0.717) is 17.6 Å². The molecule has 1 aromatic rings. The maximum Gasteiger partial charge on any atom is 0.341 e. The smallest absolute Gasteiger partial charge is 0.341 e. The van der Waals surface area contributed by atoms with Gasteiger partial charge in [-0.3, -0.25) is 0 Å². The summed E-state index contributed by atoms with van der Waals surface area (Å²) < 4.78 is 5.46. The molecule has 1 rings (SSSR count). The lowest BCUT2D eigenvalue weighted by Gasteiger charge is -2.19. The van der Waals surface area contributed by atoms with E-state index in [1.165, 1.54) is 5.56 Å². The minimum Gasteiger partial charge on any atom is -0.482 e. The van der Waals surface area contributed by atoms with Gasteiger partial charge in [-0.1, -0.05) is 52.7 Å². The molecule has 0 fully saturated rings. The molecule has 0 saturated carbocycles. The summed E-state index contributed by atoms with van der Waals surface area (Å²) in [5, 5.41) is 8.80. The van der Waals surface area contributed by atoms with Gasteiger partial charge in [0.05, 0.1) is 0 Å². The van der Waals surface area contributed by atoms with Gasteiger partial charge in [0, 0.05) is 0 Å². The quantitative estimate of drug-likeness (QED) is 0.700. The number of carbonyl (C=O) groups is 1. The predicted molar refractivity (Wildman–Crippen MR) is 86.2 cm³/mol. The van der Waals surface area contributed by atoms with E-state index in [9.17, 15) is 4.79 Å². The van der Waals surface area contributed by atoms with Gasteiger partial charge in [0.25, 0.3) is 0 Å². The number of aliphatic carboxylic acids is 1. The van der Waals surface area contributed by atoms with Crippen LogP contribution >= 0.6 is 0 Å². The second-order valence-corrected chi connectivity index (χ2v) is 5.86. The third-order valence-corrected chi connectivity index (χ3v) is 3.93. The molecule has 3 nitrogen and oxygen atoms in total. The molecule has 21 heavy (non-hydrogen) atoms. The molecule has 3 heteroatoms. The van der Waals surface area contributed by atoms with Crippen LogP contribution in [0.5, 0.6) is 5.75 Å². The fourth-order valence-corrected chi connectivity index (χ4v) is 2.72. The highest BCUT2D eigenvalue weighted by Crippen LogP contribution is 2.33. The van der Waals surface area contributed by atoms with Crippen LogP contribution in [0, 0.1) is 0 Å². The van der Waals surface area contributed by atoms with E-state index >= 15 is 0 Å². The summed E-state index contributed by atoms with van der Waals surface area (Å²) in [6.07, 6.45) is 4.51. The minimum absolute atomic E-state index is 0.282. The predicted octanol–water partition coefficient (Wildman–Crippen LogP) is 4.96. The lowest BCUT2D eigenvalue weighted by atomic mass is 9.89. The first-order valence-corrected chi connectivity index (χ1v) is 7.97. The average Bonchev–Trinajstić information content (AvgIpc) is 2.45. The number of carboxylic acid groups (broad SMARTS) is 1. The van der Waals surface area contributed by atoms with E-state index in [-0.39, 0.29) is 6.61 Å². The minimum atomic E-state index is -0.937. The second kappa shape index (κ2) is 8.71. The van der Waals surface area contributed by atoms with Crippen LogP contribution in [0.1, 0.15) is 76.3 Å². The van der Waals surface area contributed by atoms with Gasteiger partial charge in [-0.2, -0.15) is 0 Å². The highest BCUT2D eigenvalue weighted by atomic mass is 16.5. The van der Waals surface area contributed by atoms with Crippen molar-refractivity contribution in [1.29, 1.82) is 0 Å². The highest BCUT2D eigenvalue weighted by molar-refractivity contribution is 5.68. The summed E-state index contributed by atoms with van der Waals surface area (Å²) in [6, 6.07) is 6.21. The van der Waals surface area contributed by atoms with Gasteiger partial charge in [-0.25, -0.2) is 4.79 Å². The summed E-state index contributed by atoms with van der Waals surface area (Å²) in [6.45, 7) is 8.50. The zero-order valence-corrected chi connectivity index (χ0v) is 13.7. The number of benzene rings is 1. The molecule has 1 N–H and O–H groups in total.